The Morgan fingerprint density at radius 3 is 2.12 bits per heavy atom. The van der Waals surface area contributed by atoms with Gasteiger partial charge in [0.05, 0.1) is 6.61 Å². The number of carbonyl (C=O) groups is 2. The molecule has 8 heteroatoms. The highest BCUT2D eigenvalue weighted by Crippen LogP contribution is 2.08. The number of hydrogen-bond acceptors (Lipinski definition) is 8. The van der Waals surface area contributed by atoms with Gasteiger partial charge < -0.3 is 30.3 Å². The molecule has 8 nitrogen and oxygen atoms in total. The monoisotopic (exact) mass is 252 g/mol. The van der Waals surface area contributed by atoms with Gasteiger partial charge in [0, 0.05) is 0 Å². The van der Waals surface area contributed by atoms with Crippen LogP contribution < -0.4 is 0 Å². The molecule has 0 bridgehead atoms. The van der Waals surface area contributed by atoms with Gasteiger partial charge in [-0.3, -0.25) is 4.79 Å². The van der Waals surface area contributed by atoms with Crippen LogP contribution in [0.3, 0.4) is 0 Å². The van der Waals surface area contributed by atoms with E-state index in [1.165, 1.54) is 0 Å². The summed E-state index contributed by atoms with van der Waals surface area (Å²) >= 11 is 0. The van der Waals surface area contributed by atoms with Crippen LogP contribution in [0.1, 0.15) is 6.92 Å². The average molecular weight is 252 g/mol. The Labute approximate surface area is 97.1 Å². The zero-order valence-electron chi connectivity index (χ0n) is 9.13. The summed E-state index contributed by atoms with van der Waals surface area (Å²) in [7, 11) is 0. The summed E-state index contributed by atoms with van der Waals surface area (Å²) < 4.78 is 4.38. The second-order valence-electron chi connectivity index (χ2n) is 3.44. The van der Waals surface area contributed by atoms with E-state index in [1.54, 1.807) is 0 Å². The molecular weight excluding hydrogens is 236 g/mol. The van der Waals surface area contributed by atoms with Crippen molar-refractivity contribution >= 4 is 12.3 Å². The predicted molar refractivity (Wildman–Crippen MR) is 52.7 cm³/mol. The summed E-state index contributed by atoms with van der Waals surface area (Å²) in [5.41, 5.74) is 0. The van der Waals surface area contributed by atoms with Gasteiger partial charge in [-0.05, 0) is 6.92 Å². The number of rotatable bonds is 7. The molecule has 0 aromatic carbocycles. The molecule has 5 unspecified atom stereocenters. The Balaban J connectivity index is 4.55. The van der Waals surface area contributed by atoms with Crippen molar-refractivity contribution in [1.82, 2.24) is 0 Å². The molecular formula is C9H16O8. The fourth-order valence-electron chi connectivity index (χ4n) is 0.941. The average Bonchev–Trinajstić information content (AvgIpc) is 2.32. The van der Waals surface area contributed by atoms with Gasteiger partial charge in [-0.15, -0.1) is 0 Å². The second-order valence-corrected chi connectivity index (χ2v) is 3.44. The normalized spacial score (nSPS) is 19.9. The molecule has 5 N–H and O–H groups in total. The van der Waals surface area contributed by atoms with Gasteiger partial charge in [-0.2, -0.15) is 0 Å². The highest BCUT2D eigenvalue weighted by molar-refractivity contribution is 5.76. The largest absolute Gasteiger partial charge is 0.450 e. The molecule has 0 rings (SSSR count). The van der Waals surface area contributed by atoms with Crippen LogP contribution in [0.5, 0.6) is 0 Å². The van der Waals surface area contributed by atoms with Crippen molar-refractivity contribution in [1.29, 1.82) is 0 Å². The summed E-state index contributed by atoms with van der Waals surface area (Å²) in [4.78, 5) is 21.5. The predicted octanol–water partition coefficient (Wildman–Crippen LogP) is -3.45. The van der Waals surface area contributed by atoms with Crippen LogP contribution in [0.15, 0.2) is 0 Å². The molecule has 17 heavy (non-hydrogen) atoms. The summed E-state index contributed by atoms with van der Waals surface area (Å²) in [5.74, 6) is -1.16. The number of ether oxygens (including phenoxy) is 1. The van der Waals surface area contributed by atoms with Crippen molar-refractivity contribution in [3.05, 3.63) is 0 Å². The summed E-state index contributed by atoms with van der Waals surface area (Å²) in [6, 6.07) is 0. The Morgan fingerprint density at radius 2 is 1.76 bits per heavy atom. The highest BCUT2D eigenvalue weighted by atomic mass is 16.6. The molecule has 0 amide bonds. The number of esters is 1. The molecule has 0 aromatic rings. The van der Waals surface area contributed by atoms with E-state index in [1.807, 2.05) is 0 Å². The Morgan fingerprint density at radius 1 is 1.24 bits per heavy atom. The molecule has 0 spiro atoms. The molecule has 0 aliphatic carbocycles. The quantitative estimate of drug-likeness (QED) is 0.232. The van der Waals surface area contributed by atoms with Crippen LogP contribution in [0.4, 0.5) is 0 Å². The maximum absolute atomic E-state index is 10.9. The SMILES string of the molecule is CC(O)C(=O)OC(C=O)C(O)C(O)C(O)CO. The third-order valence-corrected chi connectivity index (χ3v) is 2.00. The molecule has 0 saturated carbocycles. The first-order valence-electron chi connectivity index (χ1n) is 4.84. The first-order chi connectivity index (χ1) is 7.84. The van der Waals surface area contributed by atoms with Crippen LogP contribution in [0, 0.1) is 0 Å². The lowest BCUT2D eigenvalue weighted by Crippen LogP contribution is -2.48. The maximum atomic E-state index is 10.9. The third kappa shape index (κ3) is 4.75. The standard InChI is InChI=1S/C9H16O8/c1-4(12)9(16)17-6(3-11)8(15)7(14)5(13)2-10/h3-8,10,12-15H,2H2,1H3. The van der Waals surface area contributed by atoms with E-state index >= 15 is 0 Å². The molecule has 0 fully saturated rings. The van der Waals surface area contributed by atoms with E-state index in [0.717, 1.165) is 6.92 Å². The van der Waals surface area contributed by atoms with E-state index in [-0.39, 0.29) is 6.29 Å². The smallest absolute Gasteiger partial charge is 0.335 e. The number of carbonyl (C=O) groups excluding carboxylic acids is 2. The molecule has 100 valence electrons. The van der Waals surface area contributed by atoms with E-state index in [9.17, 15) is 19.8 Å². The Hall–Kier alpha value is -1.06. The minimum absolute atomic E-state index is 0.0399. The van der Waals surface area contributed by atoms with Crippen molar-refractivity contribution in [2.24, 2.45) is 0 Å². The second kappa shape index (κ2) is 7.30. The molecule has 0 aliphatic rings. The van der Waals surface area contributed by atoms with Crippen molar-refractivity contribution in [2.75, 3.05) is 6.61 Å². The Bertz CT molecular complexity index is 253. The van der Waals surface area contributed by atoms with Gasteiger partial charge in [-0.25, -0.2) is 4.79 Å². The number of hydrogen-bond donors (Lipinski definition) is 5. The molecule has 0 heterocycles. The van der Waals surface area contributed by atoms with E-state index < -0.39 is 43.1 Å². The van der Waals surface area contributed by atoms with Crippen molar-refractivity contribution in [2.45, 2.75) is 37.4 Å². The van der Waals surface area contributed by atoms with E-state index in [2.05, 4.69) is 4.74 Å². The Kier molecular flexibility index (Phi) is 6.85. The number of aliphatic hydroxyl groups is 5. The van der Waals surface area contributed by atoms with Gasteiger partial charge in [0.15, 0.2) is 12.4 Å². The van der Waals surface area contributed by atoms with Gasteiger partial charge in [0.25, 0.3) is 0 Å². The molecule has 5 atom stereocenters. The van der Waals surface area contributed by atoms with Crippen LogP contribution in [-0.2, 0) is 14.3 Å². The summed E-state index contributed by atoms with van der Waals surface area (Å²) in [6.45, 7) is 0.254. The first-order valence-corrected chi connectivity index (χ1v) is 4.84. The van der Waals surface area contributed by atoms with Crippen LogP contribution in [0.25, 0.3) is 0 Å². The topological polar surface area (TPSA) is 145 Å². The minimum atomic E-state index is -1.91. The van der Waals surface area contributed by atoms with Crippen molar-refractivity contribution in [3.8, 4) is 0 Å². The zero-order chi connectivity index (χ0) is 13.6. The highest BCUT2D eigenvalue weighted by Gasteiger charge is 2.34. The number of aldehydes is 1. The third-order valence-electron chi connectivity index (χ3n) is 2.00. The zero-order valence-corrected chi connectivity index (χ0v) is 9.13. The lowest BCUT2D eigenvalue weighted by atomic mass is 10.0. The van der Waals surface area contributed by atoms with Crippen LogP contribution >= 0.6 is 0 Å². The fourth-order valence-corrected chi connectivity index (χ4v) is 0.941. The lowest BCUT2D eigenvalue weighted by Gasteiger charge is -2.25. The molecule has 0 saturated heterocycles. The van der Waals surface area contributed by atoms with Gasteiger partial charge >= 0.3 is 5.97 Å². The van der Waals surface area contributed by atoms with Crippen molar-refractivity contribution in [3.63, 3.8) is 0 Å². The van der Waals surface area contributed by atoms with Crippen molar-refractivity contribution < 1.29 is 39.9 Å². The van der Waals surface area contributed by atoms with Crippen LogP contribution in [-0.4, -0.2) is 74.9 Å². The van der Waals surface area contributed by atoms with E-state index in [0.29, 0.717) is 0 Å². The fraction of sp³-hybridized carbons (Fsp3) is 0.778. The molecule has 0 aliphatic heterocycles. The number of aliphatic hydroxyl groups excluding tert-OH is 5. The maximum Gasteiger partial charge on any atom is 0.335 e. The molecule has 0 aromatic heterocycles. The van der Waals surface area contributed by atoms with E-state index in [4.69, 9.17) is 15.3 Å². The van der Waals surface area contributed by atoms with Gasteiger partial charge in [-0.1, -0.05) is 0 Å². The first kappa shape index (κ1) is 15.9. The molecule has 0 radical (unpaired) electrons. The summed E-state index contributed by atoms with van der Waals surface area (Å²) in [6.07, 6.45) is -8.65. The van der Waals surface area contributed by atoms with Gasteiger partial charge in [0.2, 0.25) is 0 Å². The van der Waals surface area contributed by atoms with Gasteiger partial charge in [0.1, 0.15) is 24.4 Å². The lowest BCUT2D eigenvalue weighted by molar-refractivity contribution is -0.174. The van der Waals surface area contributed by atoms with Crippen LogP contribution in [0.2, 0.25) is 0 Å². The minimum Gasteiger partial charge on any atom is -0.450 e. The summed E-state index contributed by atoms with van der Waals surface area (Å²) in [5, 5.41) is 45.0.